The molecule has 7 heteroatoms. The highest BCUT2D eigenvalue weighted by Crippen LogP contribution is 2.27. The van der Waals surface area contributed by atoms with Crippen molar-refractivity contribution in [3.63, 3.8) is 0 Å². The molecule has 0 aliphatic carbocycles. The average molecular weight is 409 g/mol. The minimum absolute atomic E-state index is 0.175. The molecule has 0 radical (unpaired) electrons. The Hall–Kier alpha value is -2.24. The quantitative estimate of drug-likeness (QED) is 0.357. The molecule has 0 aliphatic rings. The first-order valence-electron chi connectivity index (χ1n) is 8.63. The van der Waals surface area contributed by atoms with Crippen molar-refractivity contribution in [3.05, 3.63) is 58.1 Å². The van der Waals surface area contributed by atoms with Gasteiger partial charge in [0.25, 0.3) is 0 Å². The Labute approximate surface area is 169 Å². The third-order valence-corrected chi connectivity index (χ3v) is 4.16. The van der Waals surface area contributed by atoms with Crippen molar-refractivity contribution in [1.29, 1.82) is 0 Å². The lowest BCUT2D eigenvalue weighted by Crippen LogP contribution is -2.19. The fourth-order valence-electron chi connectivity index (χ4n) is 2.23. The minimum Gasteiger partial charge on any atom is -0.494 e. The molecule has 2 aromatic rings. The van der Waals surface area contributed by atoms with Gasteiger partial charge in [-0.05, 0) is 68.3 Å². The van der Waals surface area contributed by atoms with E-state index in [1.165, 1.54) is 0 Å². The van der Waals surface area contributed by atoms with Crippen molar-refractivity contribution in [2.45, 2.75) is 26.7 Å². The molecule has 5 nitrogen and oxygen atoms in total. The number of nitrogens with zero attached hydrogens (tertiary/aromatic N) is 1. The number of amides is 1. The third-order valence-electron chi connectivity index (χ3n) is 3.63. The first-order chi connectivity index (χ1) is 13.0. The van der Waals surface area contributed by atoms with E-state index in [1.54, 1.807) is 18.2 Å². The molecule has 0 aliphatic heterocycles. The summed E-state index contributed by atoms with van der Waals surface area (Å²) in [5.41, 5.74) is 4.19. The number of carbonyl (C=O) groups is 1. The predicted molar refractivity (Wildman–Crippen MR) is 109 cm³/mol. The molecule has 144 valence electrons. The first-order valence-corrected chi connectivity index (χ1v) is 9.39. The number of hydrogen-bond acceptors (Lipinski definition) is 4. The molecule has 1 amide bonds. The monoisotopic (exact) mass is 408 g/mol. The van der Waals surface area contributed by atoms with Crippen molar-refractivity contribution < 1.29 is 14.3 Å². The van der Waals surface area contributed by atoms with Crippen LogP contribution in [0.25, 0.3) is 0 Å². The van der Waals surface area contributed by atoms with Crippen LogP contribution in [-0.4, -0.2) is 24.8 Å². The summed E-state index contributed by atoms with van der Waals surface area (Å²) in [4.78, 5) is 11.9. The summed E-state index contributed by atoms with van der Waals surface area (Å²) in [6, 6.07) is 12.6. The first kappa shape index (κ1) is 21.1. The fourth-order valence-corrected chi connectivity index (χ4v) is 2.70. The van der Waals surface area contributed by atoms with Gasteiger partial charge in [0.15, 0.2) is 0 Å². The second-order valence-electron chi connectivity index (χ2n) is 5.72. The Kier molecular flexibility index (Phi) is 8.43. The summed E-state index contributed by atoms with van der Waals surface area (Å²) in [5.74, 6) is 1.18. The maximum Gasteiger partial charge on any atom is 0.240 e. The topological polar surface area (TPSA) is 59.9 Å². The highest BCUT2D eigenvalue weighted by atomic mass is 35.5. The van der Waals surface area contributed by atoms with Crippen molar-refractivity contribution in [1.82, 2.24) is 5.43 Å². The molecule has 0 bridgehead atoms. The van der Waals surface area contributed by atoms with Gasteiger partial charge >= 0.3 is 0 Å². The van der Waals surface area contributed by atoms with Crippen LogP contribution in [0.2, 0.25) is 10.0 Å². The number of halogens is 2. The van der Waals surface area contributed by atoms with Crippen LogP contribution in [0, 0.1) is 0 Å². The van der Waals surface area contributed by atoms with Gasteiger partial charge in [-0.1, -0.05) is 23.2 Å². The van der Waals surface area contributed by atoms with E-state index in [-0.39, 0.29) is 5.91 Å². The van der Waals surface area contributed by atoms with Crippen LogP contribution in [0.4, 0.5) is 0 Å². The van der Waals surface area contributed by atoms with Gasteiger partial charge in [0.1, 0.15) is 11.5 Å². The molecule has 0 spiro atoms. The number of benzene rings is 2. The molecule has 0 fully saturated rings. The van der Waals surface area contributed by atoms with E-state index in [9.17, 15) is 4.79 Å². The molecule has 0 aromatic heterocycles. The van der Waals surface area contributed by atoms with E-state index >= 15 is 0 Å². The standard InChI is InChI=1S/C20H22Cl2N2O3/c1-3-26-17-9-6-15(7-10-17)14(2)23-24-20(25)5-4-12-27-19-11-8-16(21)13-18(19)22/h6-11,13H,3-5,12H2,1-2H3,(H,24,25). The number of ether oxygens (including phenoxy) is 2. The average Bonchev–Trinajstić information content (AvgIpc) is 2.65. The van der Waals surface area contributed by atoms with Crippen molar-refractivity contribution >= 4 is 34.8 Å². The zero-order chi connectivity index (χ0) is 19.6. The molecule has 27 heavy (non-hydrogen) atoms. The minimum atomic E-state index is -0.175. The molecule has 0 atom stereocenters. The second kappa shape index (κ2) is 10.8. The van der Waals surface area contributed by atoms with Crippen LogP contribution in [-0.2, 0) is 4.79 Å². The summed E-state index contributed by atoms with van der Waals surface area (Å²) in [6.07, 6.45) is 0.841. The van der Waals surface area contributed by atoms with Crippen LogP contribution >= 0.6 is 23.2 Å². The molecule has 0 saturated carbocycles. The van der Waals surface area contributed by atoms with Gasteiger partial charge < -0.3 is 9.47 Å². The highest BCUT2D eigenvalue weighted by molar-refractivity contribution is 6.35. The molecule has 2 rings (SSSR count). The number of hydrogen-bond donors (Lipinski definition) is 1. The zero-order valence-corrected chi connectivity index (χ0v) is 16.8. The fraction of sp³-hybridized carbons (Fsp3) is 0.300. The van der Waals surface area contributed by atoms with Gasteiger partial charge in [-0.25, -0.2) is 5.43 Å². The lowest BCUT2D eigenvalue weighted by Gasteiger charge is -2.08. The Bertz CT molecular complexity index is 792. The Morgan fingerprint density at radius 1 is 1.11 bits per heavy atom. The highest BCUT2D eigenvalue weighted by Gasteiger charge is 2.05. The van der Waals surface area contributed by atoms with Crippen LogP contribution in [0.1, 0.15) is 32.3 Å². The van der Waals surface area contributed by atoms with Crippen LogP contribution in [0.3, 0.4) is 0 Å². The molecular formula is C20H22Cl2N2O3. The van der Waals surface area contributed by atoms with E-state index in [4.69, 9.17) is 32.7 Å². The van der Waals surface area contributed by atoms with Gasteiger partial charge in [-0.15, -0.1) is 0 Å². The number of rotatable bonds is 9. The van der Waals surface area contributed by atoms with Crippen molar-refractivity contribution in [2.24, 2.45) is 5.10 Å². The van der Waals surface area contributed by atoms with Gasteiger partial charge in [0.2, 0.25) is 5.91 Å². The van der Waals surface area contributed by atoms with Gasteiger partial charge in [0.05, 0.1) is 23.9 Å². The number of hydrazone groups is 1. The molecule has 0 saturated heterocycles. The zero-order valence-electron chi connectivity index (χ0n) is 15.3. The van der Waals surface area contributed by atoms with E-state index < -0.39 is 0 Å². The van der Waals surface area contributed by atoms with Crippen LogP contribution in [0.5, 0.6) is 11.5 Å². The summed E-state index contributed by atoms with van der Waals surface area (Å²) >= 11 is 11.9. The largest absolute Gasteiger partial charge is 0.494 e. The SMILES string of the molecule is CCOc1ccc(C(C)=NNC(=O)CCCOc2ccc(Cl)cc2Cl)cc1. The molecule has 0 unspecified atom stereocenters. The third kappa shape index (κ3) is 7.12. The summed E-state index contributed by atoms with van der Waals surface area (Å²) in [6.45, 7) is 4.76. The summed E-state index contributed by atoms with van der Waals surface area (Å²) in [5, 5.41) is 5.13. The van der Waals surface area contributed by atoms with Crippen molar-refractivity contribution in [2.75, 3.05) is 13.2 Å². The summed E-state index contributed by atoms with van der Waals surface area (Å²) in [7, 11) is 0. The second-order valence-corrected chi connectivity index (χ2v) is 6.56. The molecule has 2 aromatic carbocycles. The molecule has 0 heterocycles. The predicted octanol–water partition coefficient (Wildman–Crippen LogP) is 5.09. The lowest BCUT2D eigenvalue weighted by molar-refractivity contribution is -0.121. The van der Waals surface area contributed by atoms with E-state index in [0.29, 0.717) is 41.9 Å². The molecule has 1 N–H and O–H groups in total. The van der Waals surface area contributed by atoms with Gasteiger partial charge in [-0.2, -0.15) is 5.10 Å². The lowest BCUT2D eigenvalue weighted by atomic mass is 10.1. The number of carbonyl (C=O) groups excluding carboxylic acids is 1. The Balaban J connectivity index is 1.73. The van der Waals surface area contributed by atoms with Gasteiger partial charge in [0, 0.05) is 11.4 Å². The van der Waals surface area contributed by atoms with Crippen LogP contribution in [0.15, 0.2) is 47.6 Å². The maximum atomic E-state index is 11.9. The van der Waals surface area contributed by atoms with Crippen molar-refractivity contribution in [3.8, 4) is 11.5 Å². The van der Waals surface area contributed by atoms with E-state index in [2.05, 4.69) is 10.5 Å². The van der Waals surface area contributed by atoms with Crippen LogP contribution < -0.4 is 14.9 Å². The maximum absolute atomic E-state index is 11.9. The normalized spacial score (nSPS) is 11.2. The Morgan fingerprint density at radius 3 is 2.52 bits per heavy atom. The van der Waals surface area contributed by atoms with E-state index in [1.807, 2.05) is 38.1 Å². The smallest absolute Gasteiger partial charge is 0.240 e. The van der Waals surface area contributed by atoms with Gasteiger partial charge in [-0.3, -0.25) is 4.79 Å². The Morgan fingerprint density at radius 2 is 1.85 bits per heavy atom. The molecular weight excluding hydrogens is 387 g/mol. The number of nitrogens with one attached hydrogen (secondary N) is 1. The summed E-state index contributed by atoms with van der Waals surface area (Å²) < 4.78 is 11.0. The van der Waals surface area contributed by atoms with E-state index in [0.717, 1.165) is 17.0 Å².